The molecule has 0 aromatic heterocycles. The number of nitrogens with zero attached hydrogens (tertiary/aromatic N) is 2. The fourth-order valence-corrected chi connectivity index (χ4v) is 1.71. The predicted molar refractivity (Wildman–Crippen MR) is 64.6 cm³/mol. The van der Waals surface area contributed by atoms with Crippen LogP contribution in [0.4, 0.5) is 0 Å². The molecule has 98 valence electrons. The van der Waals surface area contributed by atoms with Crippen LogP contribution in [0.3, 0.4) is 0 Å². The van der Waals surface area contributed by atoms with Crippen molar-refractivity contribution in [3.8, 4) is 0 Å². The van der Waals surface area contributed by atoms with Gasteiger partial charge in [-0.05, 0) is 33.9 Å². The Morgan fingerprint density at radius 3 is 2.18 bits per heavy atom. The van der Waals surface area contributed by atoms with Gasteiger partial charge in [-0.3, -0.25) is 14.7 Å². The van der Waals surface area contributed by atoms with Crippen LogP contribution in [0.1, 0.15) is 19.8 Å². The van der Waals surface area contributed by atoms with E-state index in [2.05, 4.69) is 4.99 Å². The Balaban J connectivity index is 4.77. The smallest absolute Gasteiger partial charge is 0.331 e. The van der Waals surface area contributed by atoms with E-state index in [0.29, 0.717) is 13.0 Å². The van der Waals surface area contributed by atoms with E-state index in [1.165, 1.54) is 11.8 Å². The fraction of sp³-hybridized carbons (Fsp3) is 0.700. The van der Waals surface area contributed by atoms with Crippen molar-refractivity contribution in [3.63, 3.8) is 0 Å². The first-order valence-electron chi connectivity index (χ1n) is 5.22. The number of carboxylic acids is 1. The van der Waals surface area contributed by atoms with Crippen molar-refractivity contribution in [1.29, 1.82) is 0 Å². The van der Waals surface area contributed by atoms with Crippen molar-refractivity contribution in [1.82, 2.24) is 4.90 Å². The van der Waals surface area contributed by atoms with Gasteiger partial charge in [0.1, 0.15) is 0 Å². The number of likely N-dealkylation sites (N-methyl/N-ethyl adjacent to an activating group) is 1. The van der Waals surface area contributed by atoms with Crippen LogP contribution in [0.5, 0.6) is 0 Å². The lowest BCUT2D eigenvalue weighted by Crippen LogP contribution is -2.56. The van der Waals surface area contributed by atoms with Gasteiger partial charge in [-0.1, -0.05) is 0 Å². The average molecular weight is 244 g/mol. The molecule has 7 nitrogen and oxygen atoms in total. The third kappa shape index (κ3) is 3.70. The molecule has 0 aliphatic rings. The first-order valence-corrected chi connectivity index (χ1v) is 5.22. The van der Waals surface area contributed by atoms with E-state index in [-0.39, 0.29) is 12.4 Å². The highest BCUT2D eigenvalue weighted by atomic mass is 16.4. The van der Waals surface area contributed by atoms with E-state index in [9.17, 15) is 14.7 Å². The maximum absolute atomic E-state index is 11.6. The minimum Gasteiger partial charge on any atom is -0.480 e. The number of ketones is 1. The normalized spacial score (nSPS) is 14.1. The van der Waals surface area contributed by atoms with Crippen molar-refractivity contribution >= 4 is 17.7 Å². The standard InChI is InChI=1S/C10H20N4O3/c1-7(15)10(8(16)17,14(2)3)5-4-6-13-9(11)12/h4-6H2,1-3H3,(H,16,17)(H4,11,12,13)/t10-/m1/s1. The highest BCUT2D eigenvalue weighted by Gasteiger charge is 2.45. The molecule has 0 saturated heterocycles. The minimum atomic E-state index is -1.50. The molecule has 0 aliphatic carbocycles. The molecule has 0 amide bonds. The number of carbonyl (C=O) groups excluding carboxylic acids is 1. The largest absolute Gasteiger partial charge is 0.480 e. The molecule has 0 unspecified atom stereocenters. The lowest BCUT2D eigenvalue weighted by Gasteiger charge is -2.33. The summed E-state index contributed by atoms with van der Waals surface area (Å²) in [5.41, 5.74) is 8.81. The maximum atomic E-state index is 11.6. The van der Waals surface area contributed by atoms with Crippen LogP contribution >= 0.6 is 0 Å². The predicted octanol–water partition coefficient (Wildman–Crippen LogP) is -0.986. The SMILES string of the molecule is CC(=O)[C@](CCCN=C(N)N)(C(=O)O)N(C)C. The number of hydrogen-bond donors (Lipinski definition) is 3. The van der Waals surface area contributed by atoms with Gasteiger partial charge in [0.2, 0.25) is 0 Å². The molecule has 5 N–H and O–H groups in total. The zero-order chi connectivity index (χ0) is 13.6. The highest BCUT2D eigenvalue weighted by molar-refractivity contribution is 6.06. The van der Waals surface area contributed by atoms with Crippen LogP contribution in [0, 0.1) is 0 Å². The van der Waals surface area contributed by atoms with E-state index < -0.39 is 17.3 Å². The third-order valence-corrected chi connectivity index (χ3v) is 2.69. The molecular weight excluding hydrogens is 224 g/mol. The molecule has 17 heavy (non-hydrogen) atoms. The number of carboxylic acid groups (broad SMARTS) is 1. The van der Waals surface area contributed by atoms with Gasteiger partial charge in [-0.15, -0.1) is 0 Å². The fourth-order valence-electron chi connectivity index (χ4n) is 1.71. The van der Waals surface area contributed by atoms with Crippen LogP contribution in [-0.2, 0) is 9.59 Å². The summed E-state index contributed by atoms with van der Waals surface area (Å²) in [5, 5.41) is 9.23. The van der Waals surface area contributed by atoms with E-state index in [1.807, 2.05) is 0 Å². The lowest BCUT2D eigenvalue weighted by atomic mass is 9.88. The average Bonchev–Trinajstić information content (AvgIpc) is 2.15. The summed E-state index contributed by atoms with van der Waals surface area (Å²) in [6, 6.07) is 0. The number of nitrogens with two attached hydrogens (primary N) is 2. The summed E-state index contributed by atoms with van der Waals surface area (Å²) in [7, 11) is 3.13. The first kappa shape index (κ1) is 15.4. The van der Waals surface area contributed by atoms with E-state index in [1.54, 1.807) is 14.1 Å². The lowest BCUT2D eigenvalue weighted by molar-refractivity contribution is -0.155. The van der Waals surface area contributed by atoms with Gasteiger partial charge in [-0.25, -0.2) is 4.79 Å². The monoisotopic (exact) mass is 244 g/mol. The van der Waals surface area contributed by atoms with Crippen LogP contribution in [0.25, 0.3) is 0 Å². The molecule has 0 radical (unpaired) electrons. The summed E-state index contributed by atoms with van der Waals surface area (Å²) in [5.74, 6) is -1.60. The molecule has 0 saturated carbocycles. The maximum Gasteiger partial charge on any atom is 0.331 e. The Kier molecular flexibility index (Phi) is 5.60. The van der Waals surface area contributed by atoms with Crippen molar-refractivity contribution in [2.75, 3.05) is 20.6 Å². The van der Waals surface area contributed by atoms with E-state index in [4.69, 9.17) is 11.5 Å². The molecule has 1 atom stereocenters. The molecule has 0 spiro atoms. The second kappa shape index (κ2) is 6.19. The quantitative estimate of drug-likeness (QED) is 0.229. The molecule has 0 bridgehead atoms. The molecule has 0 fully saturated rings. The summed E-state index contributed by atoms with van der Waals surface area (Å²) in [4.78, 5) is 28.0. The van der Waals surface area contributed by atoms with Gasteiger partial charge in [-0.2, -0.15) is 0 Å². The minimum absolute atomic E-state index is 0.0430. The van der Waals surface area contributed by atoms with E-state index >= 15 is 0 Å². The number of aliphatic carboxylic acids is 1. The summed E-state index contributed by atoms with van der Waals surface area (Å²) in [6.45, 7) is 1.58. The van der Waals surface area contributed by atoms with Crippen molar-refractivity contribution < 1.29 is 14.7 Å². The Morgan fingerprint density at radius 2 is 1.88 bits per heavy atom. The Hall–Kier alpha value is -1.63. The van der Waals surface area contributed by atoms with Crippen molar-refractivity contribution in [3.05, 3.63) is 0 Å². The van der Waals surface area contributed by atoms with Crippen molar-refractivity contribution in [2.24, 2.45) is 16.5 Å². The van der Waals surface area contributed by atoms with Crippen molar-refractivity contribution in [2.45, 2.75) is 25.3 Å². The molecule has 0 rings (SSSR count). The number of aliphatic imine (C=N–C) groups is 1. The van der Waals surface area contributed by atoms with Gasteiger partial charge in [0.15, 0.2) is 17.3 Å². The van der Waals surface area contributed by atoms with Gasteiger partial charge >= 0.3 is 5.97 Å². The second-order valence-corrected chi connectivity index (χ2v) is 4.03. The number of guanidine groups is 1. The number of Topliss-reactive ketones (excluding diaryl/α,β-unsaturated/α-hetero) is 1. The number of rotatable bonds is 7. The van der Waals surface area contributed by atoms with Crippen LogP contribution in [-0.4, -0.2) is 53.9 Å². The van der Waals surface area contributed by atoms with Gasteiger partial charge in [0, 0.05) is 6.54 Å². The number of carbonyl (C=O) groups is 2. The molecular formula is C10H20N4O3. The Morgan fingerprint density at radius 1 is 1.35 bits per heavy atom. The van der Waals surface area contributed by atoms with Crippen LogP contribution in [0.15, 0.2) is 4.99 Å². The van der Waals surface area contributed by atoms with E-state index in [0.717, 1.165) is 0 Å². The zero-order valence-corrected chi connectivity index (χ0v) is 10.4. The number of hydrogen-bond acceptors (Lipinski definition) is 4. The Bertz CT molecular complexity index is 308. The van der Waals surface area contributed by atoms with Gasteiger partial charge in [0.25, 0.3) is 0 Å². The van der Waals surface area contributed by atoms with Gasteiger partial charge in [0.05, 0.1) is 0 Å². The molecule has 0 aromatic carbocycles. The van der Waals surface area contributed by atoms with Crippen LogP contribution in [0.2, 0.25) is 0 Å². The second-order valence-electron chi connectivity index (χ2n) is 4.03. The summed E-state index contributed by atoms with van der Waals surface area (Å²) in [6.07, 6.45) is 0.587. The molecule has 0 aromatic rings. The molecule has 0 heterocycles. The third-order valence-electron chi connectivity index (χ3n) is 2.69. The summed E-state index contributed by atoms with van der Waals surface area (Å²) < 4.78 is 0. The molecule has 0 aliphatic heterocycles. The topological polar surface area (TPSA) is 122 Å². The van der Waals surface area contributed by atoms with Crippen LogP contribution < -0.4 is 11.5 Å². The first-order chi connectivity index (χ1) is 7.75. The summed E-state index contributed by atoms with van der Waals surface area (Å²) >= 11 is 0. The van der Waals surface area contributed by atoms with Gasteiger partial charge < -0.3 is 16.6 Å². The molecule has 7 heteroatoms. The zero-order valence-electron chi connectivity index (χ0n) is 10.4. The Labute approximate surface area is 100 Å². The highest BCUT2D eigenvalue weighted by Crippen LogP contribution is 2.21.